The lowest BCUT2D eigenvalue weighted by molar-refractivity contribution is 0.580. The molecule has 1 nitrogen and oxygen atoms in total. The zero-order chi connectivity index (χ0) is 9.86. The van der Waals surface area contributed by atoms with Gasteiger partial charge in [-0.15, -0.1) is 0 Å². The summed E-state index contributed by atoms with van der Waals surface area (Å²) in [5, 5.41) is 1.10. The van der Waals surface area contributed by atoms with E-state index in [4.69, 9.17) is 0 Å². The second-order valence-electron chi connectivity index (χ2n) is 4.09. The van der Waals surface area contributed by atoms with Gasteiger partial charge in [-0.1, -0.05) is 43.2 Å². The lowest BCUT2D eigenvalue weighted by atomic mass is 10.2. The Morgan fingerprint density at radius 2 is 1.43 bits per heavy atom. The van der Waals surface area contributed by atoms with E-state index in [1.165, 1.54) is 12.8 Å². The van der Waals surface area contributed by atoms with Gasteiger partial charge in [0.2, 0.25) is 0 Å². The first-order chi connectivity index (χ1) is 6.81. The molecule has 2 heteroatoms. The van der Waals surface area contributed by atoms with E-state index in [1.807, 2.05) is 30.3 Å². The summed E-state index contributed by atoms with van der Waals surface area (Å²) < 4.78 is 12.7. The van der Waals surface area contributed by atoms with E-state index in [-0.39, 0.29) is 0 Å². The number of rotatable bonds is 1. The van der Waals surface area contributed by atoms with Gasteiger partial charge < -0.3 is 4.57 Å². The molecular formula is C12H17OP. The zero-order valence-corrected chi connectivity index (χ0v) is 9.38. The molecular weight excluding hydrogens is 191 g/mol. The molecule has 1 aliphatic rings. The van der Waals surface area contributed by atoms with Crippen LogP contribution >= 0.6 is 7.14 Å². The van der Waals surface area contributed by atoms with E-state index in [9.17, 15) is 4.57 Å². The van der Waals surface area contributed by atoms with Crippen LogP contribution in [-0.2, 0) is 4.57 Å². The van der Waals surface area contributed by atoms with Gasteiger partial charge in [0.05, 0.1) is 0 Å². The van der Waals surface area contributed by atoms with Gasteiger partial charge in [-0.05, 0) is 12.8 Å². The van der Waals surface area contributed by atoms with Crippen molar-refractivity contribution in [2.24, 2.45) is 0 Å². The minimum Gasteiger partial charge on any atom is -0.319 e. The summed E-state index contributed by atoms with van der Waals surface area (Å²) >= 11 is 0. The molecule has 0 N–H and O–H groups in total. The van der Waals surface area contributed by atoms with Crippen molar-refractivity contribution in [2.45, 2.75) is 25.7 Å². The molecule has 14 heavy (non-hydrogen) atoms. The van der Waals surface area contributed by atoms with Crippen molar-refractivity contribution in [1.29, 1.82) is 0 Å². The van der Waals surface area contributed by atoms with E-state index in [0.717, 1.165) is 30.5 Å². The van der Waals surface area contributed by atoms with Crippen LogP contribution in [0.25, 0.3) is 0 Å². The van der Waals surface area contributed by atoms with Gasteiger partial charge in [-0.25, -0.2) is 0 Å². The maximum atomic E-state index is 12.7. The highest BCUT2D eigenvalue weighted by molar-refractivity contribution is 7.71. The van der Waals surface area contributed by atoms with E-state index >= 15 is 0 Å². The SMILES string of the molecule is O=P1(c2ccccc2)CCCCCC1. The number of hydrogen-bond donors (Lipinski definition) is 0. The summed E-state index contributed by atoms with van der Waals surface area (Å²) in [6.07, 6.45) is 6.67. The van der Waals surface area contributed by atoms with Crippen LogP contribution in [0.1, 0.15) is 25.7 Å². The third-order valence-corrected chi connectivity index (χ3v) is 6.33. The van der Waals surface area contributed by atoms with Gasteiger partial charge in [0.25, 0.3) is 0 Å². The fourth-order valence-electron chi connectivity index (χ4n) is 2.16. The first-order valence-electron chi connectivity index (χ1n) is 5.45. The van der Waals surface area contributed by atoms with Gasteiger partial charge in [0.1, 0.15) is 7.14 Å². The average Bonchev–Trinajstić information content (AvgIpc) is 2.46. The summed E-state index contributed by atoms with van der Waals surface area (Å²) in [6, 6.07) is 10.1. The van der Waals surface area contributed by atoms with Crippen molar-refractivity contribution < 1.29 is 4.57 Å². The van der Waals surface area contributed by atoms with Crippen LogP contribution in [0.2, 0.25) is 0 Å². The summed E-state index contributed by atoms with van der Waals surface area (Å²) in [6.45, 7) is 0. The fourth-order valence-corrected chi connectivity index (χ4v) is 5.08. The van der Waals surface area contributed by atoms with Gasteiger partial charge in [0, 0.05) is 17.6 Å². The van der Waals surface area contributed by atoms with Gasteiger partial charge >= 0.3 is 0 Å². The molecule has 1 heterocycles. The smallest absolute Gasteiger partial charge is 0.115 e. The molecule has 1 fully saturated rings. The normalized spacial score (nSPS) is 21.4. The molecule has 0 radical (unpaired) electrons. The van der Waals surface area contributed by atoms with Gasteiger partial charge in [-0.2, -0.15) is 0 Å². The fraction of sp³-hybridized carbons (Fsp3) is 0.500. The van der Waals surface area contributed by atoms with Crippen molar-refractivity contribution in [3.63, 3.8) is 0 Å². The minimum atomic E-state index is -2.01. The average molecular weight is 208 g/mol. The molecule has 0 saturated carbocycles. The highest BCUT2D eigenvalue weighted by Crippen LogP contribution is 2.47. The molecule has 0 amide bonds. The van der Waals surface area contributed by atoms with Gasteiger partial charge in [-0.3, -0.25) is 0 Å². The lowest BCUT2D eigenvalue weighted by Gasteiger charge is -2.15. The Hall–Kier alpha value is -0.550. The van der Waals surface area contributed by atoms with Crippen molar-refractivity contribution in [3.8, 4) is 0 Å². The van der Waals surface area contributed by atoms with Crippen LogP contribution in [0.4, 0.5) is 0 Å². The Balaban J connectivity index is 2.26. The molecule has 76 valence electrons. The Morgan fingerprint density at radius 1 is 0.857 bits per heavy atom. The molecule has 0 aliphatic carbocycles. The Labute approximate surface area is 85.9 Å². The zero-order valence-electron chi connectivity index (χ0n) is 8.48. The highest BCUT2D eigenvalue weighted by atomic mass is 31.2. The molecule has 1 saturated heterocycles. The summed E-state index contributed by atoms with van der Waals surface area (Å²) in [4.78, 5) is 0. The maximum absolute atomic E-state index is 12.7. The Kier molecular flexibility index (Phi) is 3.08. The first kappa shape index (κ1) is 9.98. The monoisotopic (exact) mass is 208 g/mol. The second-order valence-corrected chi connectivity index (χ2v) is 7.28. The van der Waals surface area contributed by atoms with Crippen LogP contribution in [0.3, 0.4) is 0 Å². The third-order valence-electron chi connectivity index (χ3n) is 3.02. The van der Waals surface area contributed by atoms with Crippen molar-refractivity contribution in [2.75, 3.05) is 12.3 Å². The summed E-state index contributed by atoms with van der Waals surface area (Å²) in [5.41, 5.74) is 0. The van der Waals surface area contributed by atoms with Crippen LogP contribution in [0.5, 0.6) is 0 Å². The predicted molar refractivity (Wildman–Crippen MR) is 61.9 cm³/mol. The van der Waals surface area contributed by atoms with Crippen molar-refractivity contribution >= 4 is 12.4 Å². The predicted octanol–water partition coefficient (Wildman–Crippen LogP) is 3.25. The van der Waals surface area contributed by atoms with E-state index in [0.29, 0.717) is 0 Å². The molecule has 0 spiro atoms. The molecule has 0 atom stereocenters. The summed E-state index contributed by atoms with van der Waals surface area (Å²) in [7, 11) is -2.01. The van der Waals surface area contributed by atoms with Crippen LogP contribution in [0.15, 0.2) is 30.3 Å². The van der Waals surface area contributed by atoms with Crippen molar-refractivity contribution in [3.05, 3.63) is 30.3 Å². The number of benzene rings is 1. The van der Waals surface area contributed by atoms with Crippen LogP contribution in [0, 0.1) is 0 Å². The minimum absolute atomic E-state index is 0.928. The topological polar surface area (TPSA) is 17.1 Å². The Bertz CT molecular complexity index is 319. The van der Waals surface area contributed by atoms with Crippen molar-refractivity contribution in [1.82, 2.24) is 0 Å². The van der Waals surface area contributed by atoms with E-state index < -0.39 is 7.14 Å². The van der Waals surface area contributed by atoms with E-state index in [1.54, 1.807) is 0 Å². The largest absolute Gasteiger partial charge is 0.319 e. The third kappa shape index (κ3) is 2.09. The Morgan fingerprint density at radius 3 is 2.00 bits per heavy atom. The molecule has 0 bridgehead atoms. The summed E-state index contributed by atoms with van der Waals surface area (Å²) in [5.74, 6) is 0. The van der Waals surface area contributed by atoms with Gasteiger partial charge in [0.15, 0.2) is 0 Å². The van der Waals surface area contributed by atoms with Crippen LogP contribution < -0.4 is 5.30 Å². The molecule has 1 aliphatic heterocycles. The quantitative estimate of drug-likeness (QED) is 0.647. The molecule has 1 aromatic carbocycles. The maximum Gasteiger partial charge on any atom is 0.115 e. The molecule has 1 aromatic rings. The highest BCUT2D eigenvalue weighted by Gasteiger charge is 2.25. The first-order valence-corrected chi connectivity index (χ1v) is 7.53. The van der Waals surface area contributed by atoms with E-state index in [2.05, 4.69) is 0 Å². The number of hydrogen-bond acceptors (Lipinski definition) is 1. The molecule has 0 aromatic heterocycles. The lowest BCUT2D eigenvalue weighted by Crippen LogP contribution is -2.08. The van der Waals surface area contributed by atoms with Crippen LogP contribution in [-0.4, -0.2) is 12.3 Å². The molecule has 2 rings (SSSR count). The molecule has 0 unspecified atom stereocenters. The standard InChI is InChI=1S/C12H17OP/c13-14(10-6-1-2-7-11-14)12-8-4-3-5-9-12/h3-5,8-9H,1-2,6-7,10-11H2. The second kappa shape index (κ2) is 4.31.